The van der Waals surface area contributed by atoms with E-state index in [-0.39, 0.29) is 17.4 Å². The molecule has 3 rings (SSSR count). The molecule has 0 atom stereocenters. The topological polar surface area (TPSA) is 79.9 Å². The molecule has 0 amide bonds. The Morgan fingerprint density at radius 2 is 1.26 bits per heavy atom. The summed E-state index contributed by atoms with van der Waals surface area (Å²) in [5, 5.41) is 12.5. The fraction of sp³-hybridized carbons (Fsp3) is 0.278. The average Bonchev–Trinajstić information content (AvgIpc) is 2.65. The Kier molecular flexibility index (Phi) is 13.0. The van der Waals surface area contributed by atoms with E-state index in [1.807, 2.05) is 19.1 Å². The van der Waals surface area contributed by atoms with Crippen molar-refractivity contribution in [3.8, 4) is 5.75 Å². The van der Waals surface area contributed by atoms with Crippen molar-refractivity contribution in [2.45, 2.75) is 32.6 Å². The normalized spacial score (nSPS) is 10.7. The Morgan fingerprint density at radius 3 is 1.78 bits per heavy atom. The molecule has 23 heavy (non-hydrogen) atoms. The molecule has 0 saturated carbocycles. The van der Waals surface area contributed by atoms with Gasteiger partial charge in [-0.3, -0.25) is 0 Å². The van der Waals surface area contributed by atoms with Crippen molar-refractivity contribution in [2.24, 2.45) is 0 Å². The van der Waals surface area contributed by atoms with Crippen LogP contribution in [0.1, 0.15) is 29.5 Å². The fourth-order valence-electron chi connectivity index (χ4n) is 2.91. The SMILES string of the molecule is Cc1c2c(c3ccccc3c1O)CCCC2.[C-]#[O+].[C-]#[O+].[C-]#[O+].[Cr]. The van der Waals surface area contributed by atoms with E-state index < -0.39 is 0 Å². The molecule has 1 aliphatic rings. The van der Waals surface area contributed by atoms with Gasteiger partial charge in [0.05, 0.1) is 0 Å². The van der Waals surface area contributed by atoms with Crippen LogP contribution in [-0.2, 0) is 44.2 Å². The van der Waals surface area contributed by atoms with Crippen LogP contribution < -0.4 is 0 Å². The molecular weight excluding hydrogens is 332 g/mol. The Labute approximate surface area is 146 Å². The minimum Gasteiger partial charge on any atom is 0 e. The van der Waals surface area contributed by atoms with E-state index in [0.717, 1.165) is 23.8 Å². The van der Waals surface area contributed by atoms with Crippen LogP contribution in [0.2, 0.25) is 0 Å². The number of hydrogen-bond donors (Lipinski definition) is 1. The molecule has 0 saturated heterocycles. The number of phenolic OH excluding ortho intramolecular Hbond substituents is 1. The second-order valence-electron chi connectivity index (χ2n) is 4.68. The summed E-state index contributed by atoms with van der Waals surface area (Å²) < 4.78 is 22.5. The quantitative estimate of drug-likeness (QED) is 0.573. The summed E-state index contributed by atoms with van der Waals surface area (Å²) in [5.41, 5.74) is 3.95. The molecule has 2 aromatic carbocycles. The van der Waals surface area contributed by atoms with E-state index in [9.17, 15) is 5.11 Å². The maximum absolute atomic E-state index is 10.2. The van der Waals surface area contributed by atoms with Gasteiger partial charge in [0.1, 0.15) is 5.75 Å². The predicted molar refractivity (Wildman–Crippen MR) is 78.8 cm³/mol. The number of benzene rings is 2. The second kappa shape index (κ2) is 12.8. The Morgan fingerprint density at radius 1 is 0.826 bits per heavy atom. The van der Waals surface area contributed by atoms with Gasteiger partial charge < -0.3 is 5.11 Å². The van der Waals surface area contributed by atoms with E-state index in [4.69, 9.17) is 14.0 Å². The first kappa shape index (κ1) is 23.5. The van der Waals surface area contributed by atoms with Crippen molar-refractivity contribution < 1.29 is 36.4 Å². The van der Waals surface area contributed by atoms with Gasteiger partial charge in [-0.1, -0.05) is 24.3 Å². The van der Waals surface area contributed by atoms with Gasteiger partial charge in [-0.15, -0.1) is 0 Å². The number of phenols is 1. The Bertz CT molecular complexity index is 672. The van der Waals surface area contributed by atoms with E-state index in [0.29, 0.717) is 5.75 Å². The number of aryl methyl sites for hydroxylation is 1. The molecule has 0 bridgehead atoms. The monoisotopic (exact) mass is 348 g/mol. The minimum atomic E-state index is 0. The third kappa shape index (κ3) is 5.13. The third-order valence-corrected chi connectivity index (χ3v) is 3.78. The Balaban J connectivity index is 0. The molecule has 0 spiro atoms. The van der Waals surface area contributed by atoms with Crippen LogP contribution in [0.3, 0.4) is 0 Å². The van der Waals surface area contributed by atoms with E-state index in [1.54, 1.807) is 0 Å². The Hall–Kier alpha value is -1.75. The maximum Gasteiger partial charge on any atom is 0 e. The fourth-order valence-corrected chi connectivity index (χ4v) is 2.91. The van der Waals surface area contributed by atoms with Crippen molar-refractivity contribution in [3.05, 3.63) is 60.9 Å². The first-order valence-corrected chi connectivity index (χ1v) is 6.62. The summed E-state index contributed by atoms with van der Waals surface area (Å²) in [5.74, 6) is 0.483. The van der Waals surface area contributed by atoms with E-state index in [1.165, 1.54) is 29.4 Å². The number of aromatic hydroxyl groups is 1. The molecule has 1 aliphatic carbocycles. The standard InChI is InChI=1S/C15H16O.3CO.Cr/c1-10-11-6-2-3-7-12(11)13-8-4-5-9-14(13)15(10)16;3*1-2;/h4-5,8-9,16H,2-3,6-7H2,1H3;;;;. The average molecular weight is 348 g/mol. The van der Waals surface area contributed by atoms with E-state index >= 15 is 0 Å². The van der Waals surface area contributed by atoms with Crippen molar-refractivity contribution in [2.75, 3.05) is 0 Å². The summed E-state index contributed by atoms with van der Waals surface area (Å²) in [6.45, 7) is 15.5. The maximum atomic E-state index is 10.2. The van der Waals surface area contributed by atoms with Crippen LogP contribution in [0.5, 0.6) is 5.75 Å². The molecule has 118 valence electrons. The summed E-state index contributed by atoms with van der Waals surface area (Å²) in [4.78, 5) is 0. The van der Waals surface area contributed by atoms with Crippen LogP contribution in [0.15, 0.2) is 24.3 Å². The van der Waals surface area contributed by atoms with Gasteiger partial charge in [0, 0.05) is 22.7 Å². The molecule has 0 fully saturated rings. The van der Waals surface area contributed by atoms with Gasteiger partial charge in [0.15, 0.2) is 0 Å². The third-order valence-electron chi connectivity index (χ3n) is 3.78. The van der Waals surface area contributed by atoms with Crippen LogP contribution in [-0.4, -0.2) is 5.11 Å². The number of rotatable bonds is 0. The smallest absolute Gasteiger partial charge is 0 e. The van der Waals surface area contributed by atoms with Gasteiger partial charge >= 0.3 is 33.9 Å². The zero-order chi connectivity index (χ0) is 17.1. The first-order valence-electron chi connectivity index (χ1n) is 6.62. The molecule has 4 nitrogen and oxygen atoms in total. The summed E-state index contributed by atoms with van der Waals surface area (Å²) in [6.07, 6.45) is 4.82. The molecule has 0 heterocycles. The van der Waals surface area contributed by atoms with Crippen molar-refractivity contribution >= 4 is 10.8 Å². The minimum absolute atomic E-state index is 0. The van der Waals surface area contributed by atoms with Gasteiger partial charge in [-0.05, 0) is 54.7 Å². The largest absolute Gasteiger partial charge is 0 e. The van der Waals surface area contributed by atoms with Gasteiger partial charge in [-0.25, -0.2) is 0 Å². The number of fused-ring (bicyclic) bond motifs is 3. The molecular formula is C18H16CrO4. The zero-order valence-corrected chi connectivity index (χ0v) is 14.0. The van der Waals surface area contributed by atoms with Crippen molar-refractivity contribution in [1.29, 1.82) is 0 Å². The second-order valence-corrected chi connectivity index (χ2v) is 4.68. The molecule has 0 aromatic heterocycles. The zero-order valence-electron chi connectivity index (χ0n) is 12.7. The van der Waals surface area contributed by atoms with E-state index in [2.05, 4.69) is 32.1 Å². The first-order chi connectivity index (χ1) is 10.8. The van der Waals surface area contributed by atoms with Crippen LogP contribution in [0.25, 0.3) is 10.8 Å². The molecule has 2 aromatic rings. The summed E-state index contributed by atoms with van der Waals surface area (Å²) >= 11 is 0. The van der Waals surface area contributed by atoms with Crippen LogP contribution in [0.4, 0.5) is 0 Å². The van der Waals surface area contributed by atoms with Crippen LogP contribution in [0, 0.1) is 26.9 Å². The number of hydrogen-bond acceptors (Lipinski definition) is 1. The molecule has 0 unspecified atom stereocenters. The molecule has 5 heteroatoms. The summed E-state index contributed by atoms with van der Waals surface area (Å²) in [6, 6.07) is 8.22. The van der Waals surface area contributed by atoms with Crippen LogP contribution >= 0.6 is 0 Å². The van der Waals surface area contributed by atoms with Gasteiger partial charge in [-0.2, -0.15) is 0 Å². The summed E-state index contributed by atoms with van der Waals surface area (Å²) in [7, 11) is 0. The predicted octanol–water partition coefficient (Wildman–Crippen LogP) is 3.62. The van der Waals surface area contributed by atoms with Gasteiger partial charge in [0.25, 0.3) is 0 Å². The van der Waals surface area contributed by atoms with Crippen molar-refractivity contribution in [1.82, 2.24) is 0 Å². The molecule has 0 radical (unpaired) electrons. The molecule has 0 aliphatic heterocycles. The van der Waals surface area contributed by atoms with Gasteiger partial charge in [0.2, 0.25) is 0 Å². The molecule has 1 N–H and O–H groups in total. The van der Waals surface area contributed by atoms with Crippen molar-refractivity contribution in [3.63, 3.8) is 0 Å².